The maximum atomic E-state index is 12.7. The second-order valence-corrected chi connectivity index (χ2v) is 7.23. The van der Waals surface area contributed by atoms with Crippen LogP contribution in [0.25, 0.3) is 5.69 Å². The first-order chi connectivity index (χ1) is 12.3. The Kier molecular flexibility index (Phi) is 4.95. The van der Waals surface area contributed by atoms with E-state index < -0.39 is 0 Å². The lowest BCUT2D eigenvalue weighted by molar-refractivity contribution is 0.0934. The fourth-order valence-corrected chi connectivity index (χ4v) is 3.53. The third-order valence-electron chi connectivity index (χ3n) is 4.51. The average molecular weight is 417 g/mol. The molecule has 0 aliphatic heterocycles. The molecule has 8 heteroatoms. The zero-order valence-electron chi connectivity index (χ0n) is 15.4. The van der Waals surface area contributed by atoms with Gasteiger partial charge in [0.05, 0.1) is 23.1 Å². The molecular formula is C18H21BrN6O. The maximum Gasteiger partial charge on any atom is 0.274 e. The van der Waals surface area contributed by atoms with Crippen LogP contribution in [0.4, 0.5) is 0 Å². The third kappa shape index (κ3) is 3.29. The second-order valence-electron chi connectivity index (χ2n) is 6.32. The monoisotopic (exact) mass is 416 g/mol. The molecule has 0 fully saturated rings. The molecular weight excluding hydrogens is 396 g/mol. The van der Waals surface area contributed by atoms with Gasteiger partial charge in [-0.3, -0.25) is 9.48 Å². The lowest BCUT2D eigenvalue weighted by Gasteiger charge is -2.14. The Balaban J connectivity index is 1.85. The Morgan fingerprint density at radius 3 is 2.58 bits per heavy atom. The molecule has 3 aromatic rings. The van der Waals surface area contributed by atoms with E-state index in [1.54, 1.807) is 4.68 Å². The first kappa shape index (κ1) is 18.3. The number of hydrogen-bond donors (Lipinski definition) is 1. The molecule has 0 aliphatic carbocycles. The van der Waals surface area contributed by atoms with E-state index in [-0.39, 0.29) is 11.9 Å². The number of halogens is 1. The van der Waals surface area contributed by atoms with Crippen molar-refractivity contribution in [3.05, 3.63) is 57.1 Å². The Morgan fingerprint density at radius 1 is 1.23 bits per heavy atom. The van der Waals surface area contributed by atoms with Gasteiger partial charge in [-0.1, -0.05) is 27.2 Å². The predicted octanol–water partition coefficient (Wildman–Crippen LogP) is 3.18. The normalized spacial score (nSPS) is 12.2. The fraction of sp³-hybridized carbons (Fsp3) is 0.333. The lowest BCUT2D eigenvalue weighted by atomic mass is 10.1. The molecule has 0 bridgehead atoms. The van der Waals surface area contributed by atoms with Crippen LogP contribution < -0.4 is 5.32 Å². The lowest BCUT2D eigenvalue weighted by Crippen LogP contribution is -2.28. The quantitative estimate of drug-likeness (QED) is 0.708. The average Bonchev–Trinajstić information content (AvgIpc) is 3.07. The Labute approximate surface area is 160 Å². The smallest absolute Gasteiger partial charge is 0.274 e. The molecule has 0 radical (unpaired) electrons. The first-order valence-corrected chi connectivity index (χ1v) is 9.08. The molecule has 136 valence electrons. The number of hydrogen-bond acceptors (Lipinski definition) is 4. The third-order valence-corrected chi connectivity index (χ3v) is 5.00. The number of aryl methyl sites for hydroxylation is 2. The highest BCUT2D eigenvalue weighted by Crippen LogP contribution is 2.22. The van der Waals surface area contributed by atoms with Crippen molar-refractivity contribution < 1.29 is 4.79 Å². The van der Waals surface area contributed by atoms with E-state index in [0.717, 1.165) is 27.1 Å². The number of benzene rings is 1. The number of carbonyl (C=O) groups excluding carboxylic acids is 1. The molecule has 1 aromatic carbocycles. The van der Waals surface area contributed by atoms with Crippen LogP contribution >= 0.6 is 15.9 Å². The summed E-state index contributed by atoms with van der Waals surface area (Å²) in [5.41, 5.74) is 4.81. The zero-order valence-corrected chi connectivity index (χ0v) is 17.0. The van der Waals surface area contributed by atoms with E-state index in [9.17, 15) is 4.79 Å². The van der Waals surface area contributed by atoms with E-state index in [1.807, 2.05) is 63.7 Å². The van der Waals surface area contributed by atoms with Gasteiger partial charge >= 0.3 is 0 Å². The number of nitrogens with one attached hydrogen (secondary N) is 1. The molecule has 1 amide bonds. The van der Waals surface area contributed by atoms with Crippen LogP contribution in [-0.2, 0) is 7.05 Å². The molecule has 0 spiro atoms. The molecule has 0 saturated heterocycles. The van der Waals surface area contributed by atoms with Crippen molar-refractivity contribution >= 4 is 21.8 Å². The SMILES string of the molecule is Cc1nn(C)c(C)c1C(C)NC(=O)c1nnn(-c2cccc(Br)c2)c1C. The van der Waals surface area contributed by atoms with Crippen LogP contribution in [0.1, 0.15) is 46.1 Å². The van der Waals surface area contributed by atoms with Gasteiger partial charge in [-0.2, -0.15) is 5.10 Å². The second kappa shape index (κ2) is 7.03. The highest BCUT2D eigenvalue weighted by atomic mass is 79.9. The predicted molar refractivity (Wildman–Crippen MR) is 102 cm³/mol. The van der Waals surface area contributed by atoms with Crippen LogP contribution in [0.5, 0.6) is 0 Å². The first-order valence-electron chi connectivity index (χ1n) is 8.28. The summed E-state index contributed by atoms with van der Waals surface area (Å²) < 4.78 is 4.42. The molecule has 1 N–H and O–H groups in total. The van der Waals surface area contributed by atoms with Crippen molar-refractivity contribution in [3.8, 4) is 5.69 Å². The number of aromatic nitrogens is 5. The highest BCUT2D eigenvalue weighted by Gasteiger charge is 2.22. The van der Waals surface area contributed by atoms with Crippen LogP contribution in [0, 0.1) is 20.8 Å². The Bertz CT molecular complexity index is 974. The van der Waals surface area contributed by atoms with Crippen molar-refractivity contribution in [1.29, 1.82) is 0 Å². The maximum absolute atomic E-state index is 12.7. The summed E-state index contributed by atoms with van der Waals surface area (Å²) in [5.74, 6) is -0.251. The number of carbonyl (C=O) groups is 1. The van der Waals surface area contributed by atoms with Gasteiger partial charge in [-0.15, -0.1) is 5.10 Å². The van der Waals surface area contributed by atoms with Gasteiger partial charge in [0.2, 0.25) is 0 Å². The minimum atomic E-state index is -0.251. The summed E-state index contributed by atoms with van der Waals surface area (Å²) in [6, 6.07) is 7.51. The minimum absolute atomic E-state index is 0.174. The van der Waals surface area contributed by atoms with Crippen molar-refractivity contribution in [3.63, 3.8) is 0 Å². The van der Waals surface area contributed by atoms with Crippen LogP contribution in [-0.4, -0.2) is 30.7 Å². The van der Waals surface area contributed by atoms with Gasteiger partial charge in [0.1, 0.15) is 0 Å². The van der Waals surface area contributed by atoms with Crippen LogP contribution in [0.2, 0.25) is 0 Å². The molecule has 1 atom stereocenters. The zero-order chi connectivity index (χ0) is 19.0. The summed E-state index contributed by atoms with van der Waals surface area (Å²) in [5, 5.41) is 15.6. The number of nitrogens with zero attached hydrogens (tertiary/aromatic N) is 5. The summed E-state index contributed by atoms with van der Waals surface area (Å²) >= 11 is 3.45. The van der Waals surface area contributed by atoms with Crippen LogP contribution in [0.3, 0.4) is 0 Å². The summed E-state index contributed by atoms with van der Waals surface area (Å²) in [6.07, 6.45) is 0. The summed E-state index contributed by atoms with van der Waals surface area (Å²) in [4.78, 5) is 12.7. The van der Waals surface area contributed by atoms with Crippen molar-refractivity contribution in [2.45, 2.75) is 33.7 Å². The number of amides is 1. The van der Waals surface area contributed by atoms with E-state index in [1.165, 1.54) is 0 Å². The highest BCUT2D eigenvalue weighted by molar-refractivity contribution is 9.10. The molecule has 0 saturated carbocycles. The molecule has 2 aromatic heterocycles. The largest absolute Gasteiger partial charge is 0.344 e. The van der Waals surface area contributed by atoms with Crippen molar-refractivity contribution in [2.24, 2.45) is 7.05 Å². The minimum Gasteiger partial charge on any atom is -0.344 e. The summed E-state index contributed by atoms with van der Waals surface area (Å²) in [7, 11) is 1.90. The number of rotatable bonds is 4. The van der Waals surface area contributed by atoms with Gasteiger partial charge in [0.15, 0.2) is 5.69 Å². The standard InChI is InChI=1S/C18H21BrN6O/c1-10(16-11(2)22-24(5)12(16)3)20-18(26)17-13(4)25(23-21-17)15-8-6-7-14(19)9-15/h6-10H,1-5H3,(H,20,26). The van der Waals surface area contributed by atoms with Crippen molar-refractivity contribution in [1.82, 2.24) is 30.1 Å². The van der Waals surface area contributed by atoms with E-state index in [4.69, 9.17) is 0 Å². The van der Waals surface area contributed by atoms with E-state index >= 15 is 0 Å². The molecule has 0 aliphatic rings. The van der Waals surface area contributed by atoms with Crippen LogP contribution in [0.15, 0.2) is 28.7 Å². The van der Waals surface area contributed by atoms with Gasteiger partial charge in [0.25, 0.3) is 5.91 Å². The van der Waals surface area contributed by atoms with Crippen molar-refractivity contribution in [2.75, 3.05) is 0 Å². The topological polar surface area (TPSA) is 77.6 Å². The van der Waals surface area contributed by atoms with Gasteiger partial charge in [-0.05, 0) is 45.9 Å². The molecule has 7 nitrogen and oxygen atoms in total. The molecule has 2 heterocycles. The molecule has 1 unspecified atom stereocenters. The van der Waals surface area contributed by atoms with Gasteiger partial charge in [0, 0.05) is 22.8 Å². The molecule has 3 rings (SSSR count). The van der Waals surface area contributed by atoms with E-state index in [0.29, 0.717) is 11.4 Å². The molecule has 26 heavy (non-hydrogen) atoms. The Hall–Kier alpha value is -2.48. The van der Waals surface area contributed by atoms with Gasteiger partial charge in [-0.25, -0.2) is 4.68 Å². The summed E-state index contributed by atoms with van der Waals surface area (Å²) in [6.45, 7) is 7.72. The van der Waals surface area contributed by atoms with E-state index in [2.05, 4.69) is 36.7 Å². The Morgan fingerprint density at radius 2 is 1.96 bits per heavy atom. The fourth-order valence-electron chi connectivity index (χ4n) is 3.15. The van der Waals surface area contributed by atoms with Gasteiger partial charge < -0.3 is 5.32 Å².